The summed E-state index contributed by atoms with van der Waals surface area (Å²) >= 11 is 3.11. The first-order valence-corrected chi connectivity index (χ1v) is 4.68. The molecule has 0 aliphatic heterocycles. The summed E-state index contributed by atoms with van der Waals surface area (Å²) in [6.45, 7) is 3.09. The molecule has 0 unspecified atom stereocenters. The number of aryl methyl sites for hydroxylation is 1. The molecule has 0 fully saturated rings. The van der Waals surface area contributed by atoms with Crippen LogP contribution in [0.2, 0.25) is 0 Å². The van der Waals surface area contributed by atoms with Crippen LogP contribution in [0.3, 0.4) is 0 Å². The van der Waals surface area contributed by atoms with Crippen molar-refractivity contribution in [2.75, 3.05) is 0 Å². The van der Waals surface area contributed by atoms with Gasteiger partial charge >= 0.3 is 0 Å². The predicted octanol–water partition coefficient (Wildman–Crippen LogP) is 2.87. The van der Waals surface area contributed by atoms with Crippen molar-refractivity contribution < 1.29 is 9.72 Å². The van der Waals surface area contributed by atoms with Crippen molar-refractivity contribution in [2.24, 2.45) is 0 Å². The minimum atomic E-state index is -0.510. The van der Waals surface area contributed by atoms with E-state index in [0.29, 0.717) is 15.6 Å². The Morgan fingerprint density at radius 2 is 2.07 bits per heavy atom. The average molecular weight is 258 g/mol. The number of benzene rings is 1. The van der Waals surface area contributed by atoms with Crippen molar-refractivity contribution in [3.8, 4) is 0 Å². The van der Waals surface area contributed by atoms with Gasteiger partial charge in [-0.05, 0) is 41.4 Å². The molecular formula is C9H8BrNO3. The Kier molecular flexibility index (Phi) is 3.00. The molecule has 1 rings (SSSR count). The van der Waals surface area contributed by atoms with E-state index in [2.05, 4.69) is 15.9 Å². The molecule has 0 saturated carbocycles. The number of hydrogen-bond acceptors (Lipinski definition) is 3. The lowest BCUT2D eigenvalue weighted by molar-refractivity contribution is -0.385. The molecule has 0 atom stereocenters. The van der Waals surface area contributed by atoms with Gasteiger partial charge in [-0.15, -0.1) is 0 Å². The van der Waals surface area contributed by atoms with Gasteiger partial charge in [-0.25, -0.2) is 0 Å². The van der Waals surface area contributed by atoms with Gasteiger partial charge in [-0.2, -0.15) is 0 Å². The van der Waals surface area contributed by atoms with Crippen LogP contribution in [0.4, 0.5) is 5.69 Å². The number of rotatable bonds is 2. The van der Waals surface area contributed by atoms with Crippen LogP contribution in [0.5, 0.6) is 0 Å². The number of hydrogen-bond donors (Lipinski definition) is 0. The third-order valence-electron chi connectivity index (χ3n) is 1.84. The summed E-state index contributed by atoms with van der Waals surface area (Å²) in [6.07, 6.45) is 0. The minimum Gasteiger partial charge on any atom is -0.295 e. The van der Waals surface area contributed by atoms with E-state index in [1.807, 2.05) is 0 Å². The van der Waals surface area contributed by atoms with E-state index >= 15 is 0 Å². The Bertz CT molecular complexity index is 415. The first-order valence-electron chi connectivity index (χ1n) is 3.89. The molecule has 14 heavy (non-hydrogen) atoms. The molecule has 0 aliphatic rings. The zero-order valence-corrected chi connectivity index (χ0v) is 9.29. The molecule has 1 aromatic carbocycles. The van der Waals surface area contributed by atoms with Gasteiger partial charge in [0, 0.05) is 11.6 Å². The highest BCUT2D eigenvalue weighted by molar-refractivity contribution is 9.10. The van der Waals surface area contributed by atoms with Crippen molar-refractivity contribution in [3.63, 3.8) is 0 Å². The molecule has 0 radical (unpaired) electrons. The maximum atomic E-state index is 11.0. The number of nitrogens with zero attached hydrogens (tertiary/aromatic N) is 1. The second-order valence-electron chi connectivity index (χ2n) is 2.94. The number of nitro groups is 1. The molecule has 4 nitrogen and oxygen atoms in total. The van der Waals surface area contributed by atoms with E-state index in [0.717, 1.165) is 0 Å². The predicted molar refractivity (Wildman–Crippen MR) is 55.5 cm³/mol. The minimum absolute atomic E-state index is 0.0739. The van der Waals surface area contributed by atoms with Crippen LogP contribution in [0, 0.1) is 17.0 Å². The van der Waals surface area contributed by atoms with Crippen molar-refractivity contribution in [2.45, 2.75) is 13.8 Å². The van der Waals surface area contributed by atoms with Gasteiger partial charge < -0.3 is 0 Å². The molecule has 1 aromatic rings. The highest BCUT2D eigenvalue weighted by Gasteiger charge is 2.16. The van der Waals surface area contributed by atoms with E-state index in [1.54, 1.807) is 13.0 Å². The largest absolute Gasteiger partial charge is 0.295 e. The van der Waals surface area contributed by atoms with E-state index in [4.69, 9.17) is 0 Å². The fourth-order valence-corrected chi connectivity index (χ4v) is 1.46. The van der Waals surface area contributed by atoms with E-state index < -0.39 is 4.92 Å². The molecule has 0 saturated heterocycles. The van der Waals surface area contributed by atoms with Crippen LogP contribution >= 0.6 is 15.9 Å². The Balaban J connectivity index is 3.43. The average Bonchev–Trinajstić information content (AvgIpc) is 2.08. The first kappa shape index (κ1) is 10.8. The number of ketones is 1. The topological polar surface area (TPSA) is 60.2 Å². The number of carbonyl (C=O) groups is 1. The Labute approximate surface area is 89.2 Å². The summed E-state index contributed by atoms with van der Waals surface area (Å²) < 4.78 is 0.424. The van der Waals surface area contributed by atoms with E-state index in [1.165, 1.54) is 13.0 Å². The number of Topliss-reactive ketones (excluding diaryl/α,β-unsaturated/α-hetero) is 1. The fourth-order valence-electron chi connectivity index (χ4n) is 1.09. The Hall–Kier alpha value is -1.23. The van der Waals surface area contributed by atoms with Crippen molar-refractivity contribution >= 4 is 27.4 Å². The standard InChI is InChI=1S/C9H8BrNO3/c1-5-3-7(6(2)12)4-8(9(5)10)11(13)14/h3-4H,1-2H3. The van der Waals surface area contributed by atoms with Crippen LogP contribution in [0.15, 0.2) is 16.6 Å². The summed E-state index contributed by atoms with van der Waals surface area (Å²) in [7, 11) is 0. The smallest absolute Gasteiger partial charge is 0.284 e. The lowest BCUT2D eigenvalue weighted by Gasteiger charge is -2.02. The van der Waals surface area contributed by atoms with Crippen LogP contribution in [-0.2, 0) is 0 Å². The molecule has 0 aliphatic carbocycles. The van der Waals surface area contributed by atoms with Gasteiger partial charge in [0.15, 0.2) is 5.78 Å². The van der Waals surface area contributed by atoms with E-state index in [9.17, 15) is 14.9 Å². The lowest BCUT2D eigenvalue weighted by Crippen LogP contribution is -1.98. The van der Waals surface area contributed by atoms with Crippen molar-refractivity contribution in [1.29, 1.82) is 0 Å². The number of nitro benzene ring substituents is 1. The highest BCUT2D eigenvalue weighted by Crippen LogP contribution is 2.29. The van der Waals surface area contributed by atoms with Crippen LogP contribution in [0.25, 0.3) is 0 Å². The quantitative estimate of drug-likeness (QED) is 0.465. The van der Waals surface area contributed by atoms with Crippen molar-refractivity contribution in [1.82, 2.24) is 0 Å². The number of halogens is 1. The Morgan fingerprint density at radius 1 is 1.50 bits per heavy atom. The molecular weight excluding hydrogens is 250 g/mol. The summed E-state index contributed by atoms with van der Waals surface area (Å²) in [5.74, 6) is -0.177. The molecule has 0 amide bonds. The molecule has 0 bridgehead atoms. The van der Waals surface area contributed by atoms with Gasteiger partial charge in [0.2, 0.25) is 0 Å². The molecule has 0 aromatic heterocycles. The monoisotopic (exact) mass is 257 g/mol. The van der Waals surface area contributed by atoms with Gasteiger partial charge in [0.05, 0.1) is 9.40 Å². The summed E-state index contributed by atoms with van der Waals surface area (Å²) in [5.41, 5.74) is 0.969. The molecule has 74 valence electrons. The normalized spacial score (nSPS) is 9.93. The second kappa shape index (κ2) is 3.88. The zero-order chi connectivity index (χ0) is 10.9. The molecule has 0 heterocycles. The first-order chi connectivity index (χ1) is 6.43. The van der Waals surface area contributed by atoms with Crippen LogP contribution in [0.1, 0.15) is 22.8 Å². The second-order valence-corrected chi connectivity index (χ2v) is 3.73. The van der Waals surface area contributed by atoms with Gasteiger partial charge in [-0.1, -0.05) is 0 Å². The summed E-state index contributed by atoms with van der Waals surface area (Å²) in [6, 6.07) is 2.90. The van der Waals surface area contributed by atoms with Gasteiger partial charge in [0.25, 0.3) is 5.69 Å². The highest BCUT2D eigenvalue weighted by atomic mass is 79.9. The van der Waals surface area contributed by atoms with Crippen LogP contribution in [-0.4, -0.2) is 10.7 Å². The fraction of sp³-hybridized carbons (Fsp3) is 0.222. The summed E-state index contributed by atoms with van der Waals surface area (Å²) in [5, 5.41) is 10.6. The lowest BCUT2D eigenvalue weighted by atomic mass is 10.1. The van der Waals surface area contributed by atoms with Crippen LogP contribution < -0.4 is 0 Å². The molecule has 0 spiro atoms. The summed E-state index contributed by atoms with van der Waals surface area (Å²) in [4.78, 5) is 21.1. The SMILES string of the molecule is CC(=O)c1cc(C)c(Br)c([N+](=O)[O-])c1. The number of carbonyl (C=O) groups excluding carboxylic acids is 1. The zero-order valence-electron chi connectivity index (χ0n) is 7.70. The van der Waals surface area contributed by atoms with E-state index in [-0.39, 0.29) is 11.5 Å². The molecule has 0 N–H and O–H groups in total. The maximum absolute atomic E-state index is 11.0. The van der Waals surface area contributed by atoms with Gasteiger partial charge in [0.1, 0.15) is 0 Å². The molecule has 5 heteroatoms. The Morgan fingerprint density at radius 3 is 2.50 bits per heavy atom. The van der Waals surface area contributed by atoms with Gasteiger partial charge in [-0.3, -0.25) is 14.9 Å². The maximum Gasteiger partial charge on any atom is 0.284 e. The third kappa shape index (κ3) is 1.98. The third-order valence-corrected chi connectivity index (χ3v) is 2.87. The van der Waals surface area contributed by atoms with Crippen molar-refractivity contribution in [3.05, 3.63) is 37.8 Å².